The number of carbonyl (C=O) groups excluding carboxylic acids is 3. The molecule has 7 nitrogen and oxygen atoms in total. The van der Waals surface area contributed by atoms with Crippen molar-refractivity contribution in [2.75, 3.05) is 7.11 Å². The van der Waals surface area contributed by atoms with E-state index in [0.29, 0.717) is 16.3 Å². The third kappa shape index (κ3) is 2.98. The minimum absolute atomic E-state index is 0.00465. The molecule has 1 N–H and O–H groups in total. The van der Waals surface area contributed by atoms with E-state index in [1.807, 2.05) is 0 Å². The zero-order valence-electron chi connectivity index (χ0n) is 13.5. The van der Waals surface area contributed by atoms with Gasteiger partial charge >= 0.3 is 12.0 Å². The van der Waals surface area contributed by atoms with Gasteiger partial charge in [0.2, 0.25) is 5.76 Å². The molecule has 0 aliphatic carbocycles. The molecule has 1 saturated heterocycles. The monoisotopic (exact) mass is 362 g/mol. The summed E-state index contributed by atoms with van der Waals surface area (Å²) in [7, 11) is 1.24. The Balaban J connectivity index is 1.83. The van der Waals surface area contributed by atoms with E-state index in [4.69, 9.17) is 16.0 Å². The van der Waals surface area contributed by atoms with Crippen molar-refractivity contribution >= 4 is 29.5 Å². The van der Waals surface area contributed by atoms with Crippen LogP contribution in [0, 0.1) is 0 Å². The van der Waals surface area contributed by atoms with Gasteiger partial charge in [-0.1, -0.05) is 23.7 Å². The molecule has 0 bridgehead atoms. The van der Waals surface area contributed by atoms with Crippen molar-refractivity contribution < 1.29 is 23.5 Å². The highest BCUT2D eigenvalue weighted by molar-refractivity contribution is 6.30. The fraction of sp³-hybridized carbons (Fsp3) is 0.235. The second kappa shape index (κ2) is 6.25. The molecular weight excluding hydrogens is 348 g/mol. The maximum absolute atomic E-state index is 12.8. The Kier molecular flexibility index (Phi) is 4.26. The van der Waals surface area contributed by atoms with Crippen molar-refractivity contribution in [3.8, 4) is 0 Å². The summed E-state index contributed by atoms with van der Waals surface area (Å²) >= 11 is 5.87. The molecule has 1 fully saturated rings. The molecule has 3 amide bonds. The second-order valence-electron chi connectivity index (χ2n) is 5.71. The number of rotatable bonds is 4. The number of nitrogens with zero attached hydrogens (tertiary/aromatic N) is 1. The van der Waals surface area contributed by atoms with Crippen molar-refractivity contribution in [1.82, 2.24) is 10.2 Å². The number of amides is 3. The van der Waals surface area contributed by atoms with E-state index in [0.717, 1.165) is 4.90 Å². The predicted molar refractivity (Wildman–Crippen MR) is 87.9 cm³/mol. The number of carbonyl (C=O) groups is 3. The molecule has 130 valence electrons. The Morgan fingerprint density at radius 3 is 2.56 bits per heavy atom. The summed E-state index contributed by atoms with van der Waals surface area (Å²) < 4.78 is 9.88. The second-order valence-corrected chi connectivity index (χ2v) is 6.15. The van der Waals surface area contributed by atoms with Gasteiger partial charge in [-0.05, 0) is 36.8 Å². The van der Waals surface area contributed by atoms with Crippen molar-refractivity contribution in [1.29, 1.82) is 0 Å². The zero-order valence-corrected chi connectivity index (χ0v) is 14.3. The van der Waals surface area contributed by atoms with Crippen LogP contribution in [0.3, 0.4) is 0 Å². The minimum Gasteiger partial charge on any atom is -0.463 e. The Bertz CT molecular complexity index is 845. The summed E-state index contributed by atoms with van der Waals surface area (Å²) in [5.74, 6) is -0.750. The van der Waals surface area contributed by atoms with Crippen LogP contribution in [0.2, 0.25) is 5.02 Å². The molecule has 1 aromatic carbocycles. The van der Waals surface area contributed by atoms with Crippen LogP contribution in [0.25, 0.3) is 0 Å². The Morgan fingerprint density at radius 2 is 1.92 bits per heavy atom. The summed E-state index contributed by atoms with van der Waals surface area (Å²) in [6, 6.07) is 9.08. The third-order valence-corrected chi connectivity index (χ3v) is 4.31. The van der Waals surface area contributed by atoms with Crippen LogP contribution in [-0.2, 0) is 21.6 Å². The molecule has 1 aromatic heterocycles. The van der Waals surface area contributed by atoms with Crippen molar-refractivity contribution in [2.45, 2.75) is 19.0 Å². The van der Waals surface area contributed by atoms with Gasteiger partial charge in [-0.3, -0.25) is 9.69 Å². The summed E-state index contributed by atoms with van der Waals surface area (Å²) in [4.78, 5) is 37.5. The third-order valence-electron chi connectivity index (χ3n) is 4.06. The molecule has 25 heavy (non-hydrogen) atoms. The summed E-state index contributed by atoms with van der Waals surface area (Å²) in [5, 5.41) is 3.22. The smallest absolute Gasteiger partial charge is 0.373 e. The maximum atomic E-state index is 12.8. The van der Waals surface area contributed by atoms with Gasteiger partial charge in [0.05, 0.1) is 13.7 Å². The van der Waals surface area contributed by atoms with Crippen LogP contribution in [0.1, 0.15) is 28.8 Å². The van der Waals surface area contributed by atoms with Gasteiger partial charge in [-0.15, -0.1) is 0 Å². The number of hydrogen-bond acceptors (Lipinski definition) is 5. The quantitative estimate of drug-likeness (QED) is 0.667. The molecular formula is C17H15ClN2O5. The van der Waals surface area contributed by atoms with E-state index < -0.39 is 23.4 Å². The summed E-state index contributed by atoms with van der Waals surface area (Å²) in [6.45, 7) is 1.53. The first kappa shape index (κ1) is 17.0. The van der Waals surface area contributed by atoms with Crippen LogP contribution in [-0.4, -0.2) is 29.9 Å². The SMILES string of the molecule is COC(=O)c1ccc(CN2C(=O)N[C@@](C)(c3ccc(Cl)cc3)C2=O)o1. The van der Waals surface area contributed by atoms with Gasteiger partial charge in [0.1, 0.15) is 11.3 Å². The van der Waals surface area contributed by atoms with E-state index in [-0.39, 0.29) is 12.3 Å². The number of methoxy groups -OCH3 is 1. The molecule has 8 heteroatoms. The highest BCUT2D eigenvalue weighted by Gasteiger charge is 2.49. The zero-order chi connectivity index (χ0) is 18.2. The molecule has 1 aliphatic rings. The van der Waals surface area contributed by atoms with E-state index >= 15 is 0 Å². The molecule has 2 aromatic rings. The lowest BCUT2D eigenvalue weighted by Gasteiger charge is -2.22. The topological polar surface area (TPSA) is 88.9 Å². The largest absolute Gasteiger partial charge is 0.463 e. The molecule has 0 saturated carbocycles. The molecule has 2 heterocycles. The highest BCUT2D eigenvalue weighted by Crippen LogP contribution is 2.30. The van der Waals surface area contributed by atoms with Crippen molar-refractivity contribution in [3.63, 3.8) is 0 Å². The number of halogens is 1. The van der Waals surface area contributed by atoms with Gasteiger partial charge in [-0.25, -0.2) is 9.59 Å². The lowest BCUT2D eigenvalue weighted by Crippen LogP contribution is -2.40. The van der Waals surface area contributed by atoms with E-state index in [1.165, 1.54) is 19.2 Å². The number of esters is 1. The normalized spacial score (nSPS) is 19.9. The Labute approximate surface area is 148 Å². The Morgan fingerprint density at radius 1 is 1.24 bits per heavy atom. The predicted octanol–water partition coefficient (Wildman–Crippen LogP) is 2.69. The molecule has 1 atom stereocenters. The lowest BCUT2D eigenvalue weighted by atomic mass is 9.92. The van der Waals surface area contributed by atoms with E-state index in [9.17, 15) is 14.4 Å². The van der Waals surface area contributed by atoms with E-state index in [2.05, 4.69) is 10.1 Å². The van der Waals surface area contributed by atoms with Gasteiger partial charge in [0.25, 0.3) is 5.91 Å². The fourth-order valence-electron chi connectivity index (χ4n) is 2.65. The minimum atomic E-state index is -1.19. The van der Waals surface area contributed by atoms with Crippen LogP contribution in [0.4, 0.5) is 4.79 Å². The number of nitrogens with one attached hydrogen (secondary N) is 1. The van der Waals surface area contributed by atoms with Gasteiger partial charge in [0, 0.05) is 5.02 Å². The van der Waals surface area contributed by atoms with Crippen LogP contribution >= 0.6 is 11.6 Å². The van der Waals surface area contributed by atoms with Gasteiger partial charge in [-0.2, -0.15) is 0 Å². The number of ether oxygens (including phenoxy) is 1. The summed E-state index contributed by atoms with van der Waals surface area (Å²) in [5.41, 5.74) is -0.577. The maximum Gasteiger partial charge on any atom is 0.373 e. The van der Waals surface area contributed by atoms with Crippen LogP contribution in [0.5, 0.6) is 0 Å². The van der Waals surface area contributed by atoms with Gasteiger partial charge in [0.15, 0.2) is 0 Å². The highest BCUT2D eigenvalue weighted by atomic mass is 35.5. The number of furan rings is 1. The molecule has 3 rings (SSSR count). The molecule has 0 spiro atoms. The van der Waals surface area contributed by atoms with Crippen LogP contribution in [0.15, 0.2) is 40.8 Å². The molecule has 0 radical (unpaired) electrons. The first-order valence-electron chi connectivity index (χ1n) is 7.42. The number of benzene rings is 1. The standard InChI is InChI=1S/C17H15ClN2O5/c1-17(10-3-5-11(18)6-4-10)15(22)20(16(23)19-17)9-12-7-8-13(25-12)14(21)24-2/h3-8H,9H2,1-2H3,(H,19,23)/t17-/m0/s1. The average Bonchev–Trinajstić information content (AvgIpc) is 3.14. The van der Waals surface area contributed by atoms with Gasteiger partial charge < -0.3 is 14.5 Å². The lowest BCUT2D eigenvalue weighted by molar-refractivity contribution is -0.131. The van der Waals surface area contributed by atoms with Crippen molar-refractivity contribution in [3.05, 3.63) is 58.5 Å². The average molecular weight is 363 g/mol. The Hall–Kier alpha value is -2.80. The fourth-order valence-corrected chi connectivity index (χ4v) is 2.77. The van der Waals surface area contributed by atoms with Crippen molar-refractivity contribution in [2.24, 2.45) is 0 Å². The van der Waals surface area contributed by atoms with Crippen LogP contribution < -0.4 is 5.32 Å². The summed E-state index contributed by atoms with van der Waals surface area (Å²) in [6.07, 6.45) is 0. The molecule has 1 aliphatic heterocycles. The first-order chi connectivity index (χ1) is 11.8. The number of imide groups is 1. The number of urea groups is 1. The molecule has 0 unspecified atom stereocenters. The van der Waals surface area contributed by atoms with E-state index in [1.54, 1.807) is 31.2 Å². The number of hydrogen-bond donors (Lipinski definition) is 1. The first-order valence-corrected chi connectivity index (χ1v) is 7.80.